The molecule has 3 rings (SSSR count). The Hall–Kier alpha value is -3.29. The van der Waals surface area contributed by atoms with E-state index in [0.29, 0.717) is 5.82 Å². The van der Waals surface area contributed by atoms with Gasteiger partial charge in [0.2, 0.25) is 5.82 Å². The minimum absolute atomic E-state index is 0.0880. The first kappa shape index (κ1) is 15.6. The van der Waals surface area contributed by atoms with Crippen molar-refractivity contribution >= 4 is 5.97 Å². The maximum absolute atomic E-state index is 12.5. The van der Waals surface area contributed by atoms with Gasteiger partial charge < -0.3 is 13.8 Å². The zero-order valence-electron chi connectivity index (χ0n) is 12.9. The summed E-state index contributed by atoms with van der Waals surface area (Å²) in [6, 6.07) is 6.66. The smallest absolute Gasteiger partial charge is 0.326 e. The van der Waals surface area contributed by atoms with Gasteiger partial charge in [-0.05, 0) is 31.2 Å². The number of hydrogen-bond donors (Lipinski definition) is 0. The lowest BCUT2D eigenvalue weighted by Crippen LogP contribution is -2.25. The molecular weight excluding hydrogens is 312 g/mol. The molecule has 0 radical (unpaired) electrons. The Labute approximate surface area is 136 Å². The van der Waals surface area contributed by atoms with Crippen LogP contribution in [0.3, 0.4) is 0 Å². The van der Waals surface area contributed by atoms with E-state index in [1.165, 1.54) is 10.8 Å². The van der Waals surface area contributed by atoms with Gasteiger partial charge in [-0.2, -0.15) is 4.98 Å². The highest BCUT2D eigenvalue weighted by Gasteiger charge is 2.16. The topological polar surface area (TPSA) is 100 Å². The molecule has 3 aromatic heterocycles. The standard InChI is InChI=1S/C16H14N4O4/c1-2-23-13(21)10-20-9-3-4-12(16(20)22)15-18-14(19-24-15)11-5-7-17-8-6-11/h3-9H,2,10H2,1H3. The molecule has 0 amide bonds. The summed E-state index contributed by atoms with van der Waals surface area (Å²) in [7, 11) is 0. The quantitative estimate of drug-likeness (QED) is 0.655. The van der Waals surface area contributed by atoms with Crippen molar-refractivity contribution in [2.24, 2.45) is 0 Å². The molecule has 3 aromatic rings. The van der Waals surface area contributed by atoms with Gasteiger partial charge in [0.05, 0.1) is 6.61 Å². The van der Waals surface area contributed by atoms with E-state index >= 15 is 0 Å². The van der Waals surface area contributed by atoms with Crippen LogP contribution < -0.4 is 5.56 Å². The number of ether oxygens (including phenoxy) is 1. The van der Waals surface area contributed by atoms with Gasteiger partial charge in [-0.25, -0.2) is 0 Å². The van der Waals surface area contributed by atoms with Crippen LogP contribution in [-0.2, 0) is 16.1 Å². The van der Waals surface area contributed by atoms with Crippen molar-refractivity contribution < 1.29 is 14.1 Å². The molecule has 8 heteroatoms. The summed E-state index contributed by atoms with van der Waals surface area (Å²) in [6.07, 6.45) is 4.73. The van der Waals surface area contributed by atoms with Gasteiger partial charge in [0.25, 0.3) is 11.4 Å². The number of carbonyl (C=O) groups is 1. The summed E-state index contributed by atoms with van der Waals surface area (Å²) in [4.78, 5) is 32.2. The average Bonchev–Trinajstić information content (AvgIpc) is 3.08. The second-order valence-corrected chi connectivity index (χ2v) is 4.82. The van der Waals surface area contributed by atoms with E-state index in [4.69, 9.17) is 9.26 Å². The van der Waals surface area contributed by atoms with Crippen LogP contribution in [0.15, 0.2) is 52.2 Å². The summed E-state index contributed by atoms with van der Waals surface area (Å²) in [5, 5.41) is 3.87. The van der Waals surface area contributed by atoms with Crippen LogP contribution in [0.25, 0.3) is 22.8 Å². The fraction of sp³-hybridized carbons (Fsp3) is 0.188. The van der Waals surface area contributed by atoms with Gasteiger partial charge in [0.1, 0.15) is 12.1 Å². The highest BCUT2D eigenvalue weighted by molar-refractivity contribution is 5.69. The molecular formula is C16H14N4O4. The average molecular weight is 326 g/mol. The van der Waals surface area contributed by atoms with Gasteiger partial charge in [-0.15, -0.1) is 0 Å². The molecule has 0 fully saturated rings. The maximum atomic E-state index is 12.5. The third-order valence-electron chi connectivity index (χ3n) is 3.22. The maximum Gasteiger partial charge on any atom is 0.326 e. The number of pyridine rings is 2. The van der Waals surface area contributed by atoms with Gasteiger partial charge in [-0.1, -0.05) is 5.16 Å². The lowest BCUT2D eigenvalue weighted by Gasteiger charge is -2.05. The second-order valence-electron chi connectivity index (χ2n) is 4.82. The van der Waals surface area contributed by atoms with E-state index in [2.05, 4.69) is 15.1 Å². The zero-order valence-corrected chi connectivity index (χ0v) is 12.9. The minimum Gasteiger partial charge on any atom is -0.465 e. The van der Waals surface area contributed by atoms with Crippen LogP contribution in [0, 0.1) is 0 Å². The Balaban J connectivity index is 1.92. The highest BCUT2D eigenvalue weighted by Crippen LogP contribution is 2.19. The molecule has 122 valence electrons. The van der Waals surface area contributed by atoms with Gasteiger partial charge in [-0.3, -0.25) is 14.6 Å². The molecule has 0 aromatic carbocycles. The van der Waals surface area contributed by atoms with Crippen molar-refractivity contribution in [3.63, 3.8) is 0 Å². The van der Waals surface area contributed by atoms with Crippen molar-refractivity contribution in [3.8, 4) is 22.8 Å². The fourth-order valence-corrected chi connectivity index (χ4v) is 2.12. The van der Waals surface area contributed by atoms with E-state index in [0.717, 1.165) is 5.56 Å². The number of rotatable bonds is 5. The Morgan fingerprint density at radius 2 is 2.08 bits per heavy atom. The van der Waals surface area contributed by atoms with Crippen LogP contribution in [0.4, 0.5) is 0 Å². The molecule has 0 atom stereocenters. The lowest BCUT2D eigenvalue weighted by molar-refractivity contribution is -0.143. The van der Waals surface area contributed by atoms with Gasteiger partial charge in [0, 0.05) is 24.2 Å². The number of hydrogen-bond acceptors (Lipinski definition) is 7. The molecule has 24 heavy (non-hydrogen) atoms. The van der Waals surface area contributed by atoms with E-state index < -0.39 is 11.5 Å². The summed E-state index contributed by atoms with van der Waals surface area (Å²) in [6.45, 7) is 1.79. The molecule has 0 aliphatic rings. The first-order valence-electron chi connectivity index (χ1n) is 7.28. The fourth-order valence-electron chi connectivity index (χ4n) is 2.12. The molecule has 0 aliphatic carbocycles. The zero-order chi connectivity index (χ0) is 16.9. The Kier molecular flexibility index (Phi) is 4.46. The Bertz CT molecular complexity index is 902. The molecule has 0 N–H and O–H groups in total. The monoisotopic (exact) mass is 326 g/mol. The molecule has 8 nitrogen and oxygen atoms in total. The van der Waals surface area contributed by atoms with E-state index in [-0.39, 0.29) is 24.6 Å². The van der Waals surface area contributed by atoms with Crippen molar-refractivity contribution in [1.82, 2.24) is 19.7 Å². The van der Waals surface area contributed by atoms with Crippen molar-refractivity contribution in [1.29, 1.82) is 0 Å². The van der Waals surface area contributed by atoms with Crippen LogP contribution >= 0.6 is 0 Å². The molecule has 0 saturated carbocycles. The summed E-state index contributed by atoms with van der Waals surface area (Å²) < 4.78 is 11.3. The molecule has 0 aliphatic heterocycles. The molecule has 3 heterocycles. The number of aromatic nitrogens is 4. The predicted molar refractivity (Wildman–Crippen MR) is 83.9 cm³/mol. The van der Waals surface area contributed by atoms with Crippen LogP contribution in [-0.4, -0.2) is 32.3 Å². The first-order chi connectivity index (χ1) is 11.7. The van der Waals surface area contributed by atoms with E-state index in [1.54, 1.807) is 43.6 Å². The normalized spacial score (nSPS) is 10.5. The molecule has 0 spiro atoms. The van der Waals surface area contributed by atoms with Crippen LogP contribution in [0.1, 0.15) is 6.92 Å². The Morgan fingerprint density at radius 3 is 2.83 bits per heavy atom. The minimum atomic E-state index is -0.486. The first-order valence-corrected chi connectivity index (χ1v) is 7.28. The number of carbonyl (C=O) groups excluding carboxylic acids is 1. The Morgan fingerprint density at radius 1 is 1.29 bits per heavy atom. The summed E-state index contributed by atoms with van der Waals surface area (Å²) in [5.74, 6) is -0.0441. The highest BCUT2D eigenvalue weighted by atomic mass is 16.5. The SMILES string of the molecule is CCOC(=O)Cn1cccc(-c2nc(-c3ccncc3)no2)c1=O. The van der Waals surface area contributed by atoms with E-state index in [1.807, 2.05) is 0 Å². The second kappa shape index (κ2) is 6.86. The molecule has 0 unspecified atom stereocenters. The third-order valence-corrected chi connectivity index (χ3v) is 3.22. The summed E-state index contributed by atoms with van der Waals surface area (Å²) >= 11 is 0. The molecule has 0 bridgehead atoms. The van der Waals surface area contributed by atoms with E-state index in [9.17, 15) is 9.59 Å². The van der Waals surface area contributed by atoms with Crippen LogP contribution in [0.2, 0.25) is 0 Å². The molecule has 0 saturated heterocycles. The number of nitrogens with zero attached hydrogens (tertiary/aromatic N) is 4. The predicted octanol–water partition coefficient (Wildman–Crippen LogP) is 1.52. The van der Waals surface area contributed by atoms with Crippen molar-refractivity contribution in [2.75, 3.05) is 6.61 Å². The van der Waals surface area contributed by atoms with Crippen molar-refractivity contribution in [2.45, 2.75) is 13.5 Å². The largest absolute Gasteiger partial charge is 0.465 e. The number of esters is 1. The van der Waals surface area contributed by atoms with Gasteiger partial charge >= 0.3 is 5.97 Å². The van der Waals surface area contributed by atoms with Crippen LogP contribution in [0.5, 0.6) is 0 Å². The van der Waals surface area contributed by atoms with Gasteiger partial charge in [0.15, 0.2) is 0 Å². The van der Waals surface area contributed by atoms with Crippen molar-refractivity contribution in [3.05, 3.63) is 53.2 Å². The third kappa shape index (κ3) is 3.22. The summed E-state index contributed by atoms with van der Waals surface area (Å²) in [5.41, 5.74) is 0.535. The lowest BCUT2D eigenvalue weighted by atomic mass is 10.2.